The monoisotopic (exact) mass is 511 g/mol. The number of carbonyl (C=O) groups excluding carboxylic acids is 3. The molecule has 196 valence electrons. The number of hydrogen-bond acceptors (Lipinski definition) is 5. The number of aryl methyl sites for hydroxylation is 2. The number of fused-ring (bicyclic) bond motifs is 1. The van der Waals surface area contributed by atoms with E-state index in [0.29, 0.717) is 34.8 Å². The SMILES string of the molecule is C=O.CC.CCCNC(=O)c1ccc(C)c(-c2nc(C)nc3c2CNC(=O)N3c2c(F)cccc2F)c1. The Labute approximate surface area is 215 Å². The number of aromatic nitrogens is 2. The summed E-state index contributed by atoms with van der Waals surface area (Å²) in [4.78, 5) is 43.0. The smallest absolute Gasteiger partial charge is 0.328 e. The third-order valence-electron chi connectivity index (χ3n) is 5.38. The summed E-state index contributed by atoms with van der Waals surface area (Å²) < 4.78 is 29.2. The lowest BCUT2D eigenvalue weighted by Crippen LogP contribution is -2.43. The molecule has 0 atom stereocenters. The highest BCUT2D eigenvalue weighted by molar-refractivity contribution is 6.02. The van der Waals surface area contributed by atoms with Crippen LogP contribution in [0.3, 0.4) is 0 Å². The molecule has 0 saturated heterocycles. The summed E-state index contributed by atoms with van der Waals surface area (Å²) in [7, 11) is 0. The lowest BCUT2D eigenvalue weighted by atomic mass is 9.97. The first-order valence-electron chi connectivity index (χ1n) is 11.9. The van der Waals surface area contributed by atoms with Gasteiger partial charge in [0.1, 0.15) is 29.9 Å². The van der Waals surface area contributed by atoms with Gasteiger partial charge >= 0.3 is 6.03 Å². The standard InChI is InChI=1S/C24H23F2N5O2.C2H6.CH2O/c1-4-10-27-23(32)15-9-8-13(2)16(11-15)20-17-12-28-24(33)31(22(17)30-14(3)29-20)21-18(25)6-5-7-19(21)26;2*1-2/h5-9,11H,4,10,12H2,1-3H3,(H,27,32)(H,28,33);1-2H3;1H2. The summed E-state index contributed by atoms with van der Waals surface area (Å²) in [5.74, 6) is -1.56. The molecule has 0 radical (unpaired) electrons. The number of nitrogens with one attached hydrogen (secondary N) is 2. The van der Waals surface area contributed by atoms with Gasteiger partial charge in [-0.2, -0.15) is 0 Å². The van der Waals surface area contributed by atoms with Gasteiger partial charge in [-0.05, 0) is 50.1 Å². The van der Waals surface area contributed by atoms with Crippen LogP contribution in [-0.2, 0) is 11.3 Å². The van der Waals surface area contributed by atoms with Crippen LogP contribution in [0.2, 0.25) is 0 Å². The van der Waals surface area contributed by atoms with Crippen LogP contribution >= 0.6 is 0 Å². The molecule has 3 aromatic rings. The number of carbonyl (C=O) groups is 3. The zero-order valence-electron chi connectivity index (χ0n) is 21.6. The Bertz CT molecular complexity index is 1260. The molecule has 0 fully saturated rings. The first-order chi connectivity index (χ1) is 17.8. The minimum absolute atomic E-state index is 0.0715. The topological polar surface area (TPSA) is 104 Å². The zero-order chi connectivity index (χ0) is 27.7. The van der Waals surface area contributed by atoms with Crippen LogP contribution in [0.1, 0.15) is 54.5 Å². The van der Waals surface area contributed by atoms with Gasteiger partial charge in [0.05, 0.1) is 12.2 Å². The fourth-order valence-electron chi connectivity index (χ4n) is 3.76. The molecule has 2 N–H and O–H groups in total. The first-order valence-corrected chi connectivity index (χ1v) is 11.9. The van der Waals surface area contributed by atoms with E-state index < -0.39 is 23.4 Å². The molecule has 37 heavy (non-hydrogen) atoms. The Morgan fingerprint density at radius 1 is 1.11 bits per heavy atom. The van der Waals surface area contributed by atoms with E-state index in [2.05, 4.69) is 20.6 Å². The van der Waals surface area contributed by atoms with E-state index in [0.717, 1.165) is 29.0 Å². The molecular formula is C27H31F2N5O3. The van der Waals surface area contributed by atoms with E-state index in [1.807, 2.05) is 40.6 Å². The maximum absolute atomic E-state index is 14.6. The van der Waals surface area contributed by atoms with Crippen molar-refractivity contribution in [1.29, 1.82) is 0 Å². The summed E-state index contributed by atoms with van der Waals surface area (Å²) in [6.07, 6.45) is 0.811. The number of amides is 3. The quantitative estimate of drug-likeness (QED) is 0.479. The van der Waals surface area contributed by atoms with Crippen LogP contribution < -0.4 is 15.5 Å². The Balaban J connectivity index is 0.00000115. The van der Waals surface area contributed by atoms with Gasteiger partial charge in [-0.15, -0.1) is 0 Å². The van der Waals surface area contributed by atoms with Crippen molar-refractivity contribution >= 4 is 30.2 Å². The average molecular weight is 512 g/mol. The van der Waals surface area contributed by atoms with Crippen LogP contribution in [0.25, 0.3) is 11.3 Å². The van der Waals surface area contributed by atoms with Gasteiger partial charge < -0.3 is 15.4 Å². The van der Waals surface area contributed by atoms with E-state index in [-0.39, 0.29) is 18.3 Å². The molecule has 2 aromatic carbocycles. The molecule has 1 aliphatic heterocycles. The number of urea groups is 1. The van der Waals surface area contributed by atoms with Crippen molar-refractivity contribution in [2.24, 2.45) is 0 Å². The fraction of sp³-hybridized carbons (Fsp3) is 0.296. The normalized spacial score (nSPS) is 11.8. The van der Waals surface area contributed by atoms with Crippen LogP contribution in [0, 0.1) is 25.5 Å². The average Bonchev–Trinajstić information content (AvgIpc) is 2.90. The van der Waals surface area contributed by atoms with Crippen molar-refractivity contribution in [3.63, 3.8) is 0 Å². The fourth-order valence-corrected chi connectivity index (χ4v) is 3.76. The highest BCUT2D eigenvalue weighted by Crippen LogP contribution is 2.38. The van der Waals surface area contributed by atoms with E-state index in [9.17, 15) is 18.4 Å². The van der Waals surface area contributed by atoms with Crippen molar-refractivity contribution in [3.8, 4) is 11.3 Å². The second-order valence-corrected chi connectivity index (χ2v) is 7.77. The predicted molar refractivity (Wildman–Crippen MR) is 139 cm³/mol. The van der Waals surface area contributed by atoms with Crippen LogP contribution in [-0.4, -0.2) is 35.2 Å². The number of halogens is 2. The van der Waals surface area contributed by atoms with Gasteiger partial charge in [0.2, 0.25) is 0 Å². The minimum Gasteiger partial charge on any atom is -0.352 e. The highest BCUT2D eigenvalue weighted by atomic mass is 19.1. The number of rotatable bonds is 5. The summed E-state index contributed by atoms with van der Waals surface area (Å²) in [5.41, 5.74) is 2.46. The Kier molecular flexibility index (Phi) is 10.4. The maximum atomic E-state index is 14.6. The van der Waals surface area contributed by atoms with Crippen molar-refractivity contribution in [3.05, 3.63) is 70.5 Å². The number of hydrogen-bond donors (Lipinski definition) is 2. The van der Waals surface area contributed by atoms with Crippen molar-refractivity contribution in [2.75, 3.05) is 11.4 Å². The molecule has 2 heterocycles. The Morgan fingerprint density at radius 2 is 1.76 bits per heavy atom. The molecular weight excluding hydrogens is 480 g/mol. The molecule has 10 heteroatoms. The van der Waals surface area contributed by atoms with E-state index in [1.54, 1.807) is 19.1 Å². The Hall–Kier alpha value is -4.21. The number of para-hydroxylation sites is 1. The predicted octanol–water partition coefficient (Wildman–Crippen LogP) is 5.38. The molecule has 4 rings (SSSR count). The molecule has 1 aliphatic rings. The van der Waals surface area contributed by atoms with Gasteiger partial charge in [0, 0.05) is 23.2 Å². The van der Waals surface area contributed by atoms with Crippen molar-refractivity contribution in [1.82, 2.24) is 20.6 Å². The molecule has 0 bridgehead atoms. The third kappa shape index (κ3) is 6.14. The molecule has 0 unspecified atom stereocenters. The maximum Gasteiger partial charge on any atom is 0.328 e. The molecule has 0 saturated carbocycles. The van der Waals surface area contributed by atoms with E-state index in [4.69, 9.17) is 4.79 Å². The second kappa shape index (κ2) is 13.2. The third-order valence-corrected chi connectivity index (χ3v) is 5.38. The first kappa shape index (κ1) is 29.0. The summed E-state index contributed by atoms with van der Waals surface area (Å²) in [5, 5.41) is 5.50. The largest absolute Gasteiger partial charge is 0.352 e. The molecule has 0 aliphatic carbocycles. The van der Waals surface area contributed by atoms with Gasteiger partial charge in [0.25, 0.3) is 5.91 Å². The summed E-state index contributed by atoms with van der Waals surface area (Å²) in [6.45, 7) is 12.1. The van der Waals surface area contributed by atoms with Crippen molar-refractivity contribution < 1.29 is 23.2 Å². The van der Waals surface area contributed by atoms with Gasteiger partial charge in [-0.1, -0.05) is 32.9 Å². The molecule has 8 nitrogen and oxygen atoms in total. The lowest BCUT2D eigenvalue weighted by molar-refractivity contribution is -0.0980. The van der Waals surface area contributed by atoms with Gasteiger partial charge in [-0.3, -0.25) is 4.79 Å². The molecule has 1 aromatic heterocycles. The summed E-state index contributed by atoms with van der Waals surface area (Å²) in [6, 6.07) is 7.97. The highest BCUT2D eigenvalue weighted by Gasteiger charge is 2.33. The molecule has 0 spiro atoms. The minimum atomic E-state index is -0.887. The van der Waals surface area contributed by atoms with Crippen molar-refractivity contribution in [2.45, 2.75) is 47.6 Å². The second-order valence-electron chi connectivity index (χ2n) is 7.77. The lowest BCUT2D eigenvalue weighted by Gasteiger charge is -2.30. The number of benzene rings is 2. The van der Waals surface area contributed by atoms with E-state index in [1.165, 1.54) is 6.07 Å². The van der Waals surface area contributed by atoms with Crippen LogP contribution in [0.4, 0.5) is 25.1 Å². The van der Waals surface area contributed by atoms with Gasteiger partial charge in [-0.25, -0.2) is 28.4 Å². The van der Waals surface area contributed by atoms with Crippen LogP contribution in [0.5, 0.6) is 0 Å². The van der Waals surface area contributed by atoms with Gasteiger partial charge in [0.15, 0.2) is 5.82 Å². The summed E-state index contributed by atoms with van der Waals surface area (Å²) >= 11 is 0. The number of anilines is 2. The number of nitrogens with zero attached hydrogens (tertiary/aromatic N) is 3. The van der Waals surface area contributed by atoms with Crippen LogP contribution in [0.15, 0.2) is 36.4 Å². The Morgan fingerprint density at radius 3 is 2.38 bits per heavy atom. The zero-order valence-corrected chi connectivity index (χ0v) is 21.6. The van der Waals surface area contributed by atoms with E-state index >= 15 is 0 Å². The molecule has 3 amide bonds.